The first-order valence-electron chi connectivity index (χ1n) is 8.92. The minimum absolute atomic E-state index is 0.0558. The van der Waals surface area contributed by atoms with Crippen LogP contribution in [-0.2, 0) is 6.42 Å². The van der Waals surface area contributed by atoms with Crippen molar-refractivity contribution in [2.24, 2.45) is 0 Å². The Morgan fingerprint density at radius 3 is 1.48 bits per heavy atom. The standard InChI is InChI=1S/C21H16N4O4/c1-12-3-7-16-18(22-12)9-5-14(20(16)24(26)27)11-15-6-10-19-17(21(15)25(28)29)8-4-13(2)23-19/h3-10H,11H2,1-2H3. The number of nitro benzene ring substituents is 2. The number of aryl methyl sites for hydroxylation is 2. The van der Waals surface area contributed by atoms with Gasteiger partial charge in [0.15, 0.2) is 0 Å². The van der Waals surface area contributed by atoms with Gasteiger partial charge in [0.1, 0.15) is 0 Å². The average Bonchev–Trinajstić information content (AvgIpc) is 2.67. The molecule has 2 aromatic heterocycles. The first-order valence-corrected chi connectivity index (χ1v) is 8.92. The van der Waals surface area contributed by atoms with Crippen molar-refractivity contribution in [1.82, 2.24) is 9.97 Å². The molecule has 0 unspecified atom stereocenters. The van der Waals surface area contributed by atoms with Gasteiger partial charge in [0, 0.05) is 28.9 Å². The van der Waals surface area contributed by atoms with Crippen molar-refractivity contribution in [3.8, 4) is 0 Å². The molecule has 4 rings (SSSR count). The second-order valence-corrected chi connectivity index (χ2v) is 6.88. The summed E-state index contributed by atoms with van der Waals surface area (Å²) in [6.07, 6.45) is 0.0558. The fourth-order valence-electron chi connectivity index (χ4n) is 3.59. The van der Waals surface area contributed by atoms with Gasteiger partial charge in [0.25, 0.3) is 11.4 Å². The van der Waals surface area contributed by atoms with E-state index in [2.05, 4.69) is 9.97 Å². The number of aromatic nitrogens is 2. The van der Waals surface area contributed by atoms with Crippen LogP contribution in [0.3, 0.4) is 0 Å². The Kier molecular flexibility index (Phi) is 4.38. The number of hydrogen-bond donors (Lipinski definition) is 0. The highest BCUT2D eigenvalue weighted by molar-refractivity contribution is 5.91. The first kappa shape index (κ1) is 18.4. The van der Waals surface area contributed by atoms with Gasteiger partial charge < -0.3 is 0 Å². The van der Waals surface area contributed by atoms with Crippen molar-refractivity contribution < 1.29 is 9.85 Å². The summed E-state index contributed by atoms with van der Waals surface area (Å²) in [4.78, 5) is 31.4. The van der Waals surface area contributed by atoms with Gasteiger partial charge in [-0.2, -0.15) is 0 Å². The minimum Gasteiger partial charge on any atom is -0.258 e. The van der Waals surface area contributed by atoms with Crippen molar-refractivity contribution in [2.75, 3.05) is 0 Å². The topological polar surface area (TPSA) is 112 Å². The Morgan fingerprint density at radius 2 is 1.10 bits per heavy atom. The van der Waals surface area contributed by atoms with Gasteiger partial charge in [-0.15, -0.1) is 0 Å². The highest BCUT2D eigenvalue weighted by Crippen LogP contribution is 2.35. The van der Waals surface area contributed by atoms with E-state index in [0.717, 1.165) is 11.4 Å². The minimum atomic E-state index is -0.452. The predicted octanol–water partition coefficient (Wildman–Crippen LogP) is 4.81. The van der Waals surface area contributed by atoms with Gasteiger partial charge in [0.2, 0.25) is 0 Å². The van der Waals surface area contributed by atoms with Crippen LogP contribution in [0.4, 0.5) is 11.4 Å². The van der Waals surface area contributed by atoms with E-state index in [1.807, 2.05) is 13.8 Å². The molecule has 8 heteroatoms. The molecule has 0 saturated heterocycles. The number of benzene rings is 2. The molecule has 29 heavy (non-hydrogen) atoms. The van der Waals surface area contributed by atoms with Crippen molar-refractivity contribution in [1.29, 1.82) is 0 Å². The molecular weight excluding hydrogens is 372 g/mol. The van der Waals surface area contributed by atoms with Crippen molar-refractivity contribution in [2.45, 2.75) is 20.3 Å². The van der Waals surface area contributed by atoms with Gasteiger partial charge in [-0.1, -0.05) is 0 Å². The van der Waals surface area contributed by atoms with Crippen LogP contribution >= 0.6 is 0 Å². The molecule has 0 fully saturated rings. The van der Waals surface area contributed by atoms with E-state index in [9.17, 15) is 20.2 Å². The maximum absolute atomic E-state index is 11.8. The van der Waals surface area contributed by atoms with E-state index in [1.54, 1.807) is 48.5 Å². The second-order valence-electron chi connectivity index (χ2n) is 6.88. The lowest BCUT2D eigenvalue weighted by Gasteiger charge is -2.09. The summed E-state index contributed by atoms with van der Waals surface area (Å²) in [6.45, 7) is 3.63. The van der Waals surface area contributed by atoms with E-state index < -0.39 is 9.85 Å². The summed E-state index contributed by atoms with van der Waals surface area (Å²) < 4.78 is 0. The Hall–Kier alpha value is -3.94. The van der Waals surface area contributed by atoms with Gasteiger partial charge in [-0.25, -0.2) is 0 Å². The van der Waals surface area contributed by atoms with Crippen LogP contribution < -0.4 is 0 Å². The molecule has 0 bridgehead atoms. The van der Waals surface area contributed by atoms with E-state index in [4.69, 9.17) is 0 Å². The maximum Gasteiger partial charge on any atom is 0.282 e. The summed E-state index contributed by atoms with van der Waals surface area (Å²) in [6, 6.07) is 13.4. The lowest BCUT2D eigenvalue weighted by molar-refractivity contribution is -0.384. The fraction of sp³-hybridized carbons (Fsp3) is 0.143. The molecule has 4 aromatic rings. The third-order valence-electron chi connectivity index (χ3n) is 4.88. The van der Waals surface area contributed by atoms with Crippen LogP contribution in [-0.4, -0.2) is 19.8 Å². The Morgan fingerprint density at radius 1 is 0.690 bits per heavy atom. The van der Waals surface area contributed by atoms with Crippen molar-refractivity contribution in [3.63, 3.8) is 0 Å². The molecule has 0 aliphatic carbocycles. The number of nitro groups is 2. The summed E-state index contributed by atoms with van der Waals surface area (Å²) in [5.74, 6) is 0. The van der Waals surface area contributed by atoms with Crippen LogP contribution in [0.2, 0.25) is 0 Å². The molecule has 0 aliphatic heterocycles. The molecule has 144 valence electrons. The number of pyridine rings is 2. The number of nitrogens with zero attached hydrogens (tertiary/aromatic N) is 4. The lowest BCUT2D eigenvalue weighted by atomic mass is 9.97. The summed E-state index contributed by atoms with van der Waals surface area (Å²) in [5, 5.41) is 24.5. The summed E-state index contributed by atoms with van der Waals surface area (Å²) in [7, 11) is 0. The molecule has 0 amide bonds. The van der Waals surface area contributed by atoms with Crippen molar-refractivity contribution >= 4 is 33.2 Å². The quantitative estimate of drug-likeness (QED) is 0.366. The zero-order valence-electron chi connectivity index (χ0n) is 15.7. The maximum atomic E-state index is 11.8. The number of rotatable bonds is 4. The Labute approximate surface area is 165 Å². The van der Waals surface area contributed by atoms with Crippen molar-refractivity contribution in [3.05, 3.63) is 91.3 Å². The second kappa shape index (κ2) is 6.90. The third-order valence-corrected chi connectivity index (χ3v) is 4.88. The normalized spacial score (nSPS) is 11.1. The van der Waals surface area contributed by atoms with E-state index >= 15 is 0 Å². The lowest BCUT2D eigenvalue weighted by Crippen LogP contribution is -2.02. The molecule has 0 radical (unpaired) electrons. The molecule has 2 heterocycles. The molecule has 0 atom stereocenters. The van der Waals surface area contributed by atoms with Gasteiger partial charge in [0.05, 0.1) is 31.7 Å². The predicted molar refractivity (Wildman–Crippen MR) is 109 cm³/mol. The number of fused-ring (bicyclic) bond motifs is 2. The molecule has 0 saturated carbocycles. The SMILES string of the molecule is Cc1ccc2c([N+](=O)[O-])c(Cc3ccc4nc(C)ccc4c3[N+](=O)[O-])ccc2n1. The molecule has 2 aromatic carbocycles. The van der Waals surface area contributed by atoms with Gasteiger partial charge in [-0.3, -0.25) is 30.2 Å². The molecule has 0 N–H and O–H groups in total. The van der Waals surface area contributed by atoms with E-state index in [1.165, 1.54) is 0 Å². The third kappa shape index (κ3) is 3.25. The average molecular weight is 388 g/mol. The summed E-state index contributed by atoms with van der Waals surface area (Å²) in [5.41, 5.74) is 3.20. The largest absolute Gasteiger partial charge is 0.282 e. The smallest absolute Gasteiger partial charge is 0.258 e. The van der Waals surface area contributed by atoms with E-state index in [-0.39, 0.29) is 17.8 Å². The molecule has 0 aliphatic rings. The Bertz CT molecular complexity index is 1220. The van der Waals surface area contributed by atoms with Gasteiger partial charge in [-0.05, 0) is 62.4 Å². The van der Waals surface area contributed by atoms with Crippen LogP contribution in [0, 0.1) is 34.1 Å². The van der Waals surface area contributed by atoms with Crippen LogP contribution in [0.15, 0.2) is 48.5 Å². The highest BCUT2D eigenvalue weighted by atomic mass is 16.6. The van der Waals surface area contributed by atoms with E-state index in [0.29, 0.717) is 32.9 Å². The van der Waals surface area contributed by atoms with Crippen LogP contribution in [0.25, 0.3) is 21.8 Å². The molecule has 8 nitrogen and oxygen atoms in total. The number of hydrogen-bond acceptors (Lipinski definition) is 6. The monoisotopic (exact) mass is 388 g/mol. The van der Waals surface area contributed by atoms with Crippen LogP contribution in [0.5, 0.6) is 0 Å². The first-order chi connectivity index (χ1) is 13.8. The molecule has 0 spiro atoms. The fourth-order valence-corrected chi connectivity index (χ4v) is 3.59. The summed E-state index contributed by atoms with van der Waals surface area (Å²) >= 11 is 0. The zero-order valence-corrected chi connectivity index (χ0v) is 15.7. The highest BCUT2D eigenvalue weighted by Gasteiger charge is 2.24. The van der Waals surface area contributed by atoms with Gasteiger partial charge >= 0.3 is 0 Å². The Balaban J connectivity index is 1.92. The zero-order chi connectivity index (χ0) is 20.7. The van der Waals surface area contributed by atoms with Crippen LogP contribution in [0.1, 0.15) is 22.5 Å². The molecular formula is C21H16N4O4.